The molecule has 0 saturated carbocycles. The van der Waals surface area contributed by atoms with Crippen molar-refractivity contribution in [1.29, 1.82) is 5.26 Å². The minimum atomic E-state index is -0.176. The maximum atomic E-state index is 11.5. The molecule has 1 aliphatic heterocycles. The van der Waals surface area contributed by atoms with Gasteiger partial charge in [0.05, 0.1) is 25.3 Å². The monoisotopic (exact) mass is 244 g/mol. The van der Waals surface area contributed by atoms with Gasteiger partial charge in [0.2, 0.25) is 11.8 Å². The number of nitrogens with zero attached hydrogens (tertiary/aromatic N) is 2. The average Bonchev–Trinajstić information content (AvgIpc) is 2.70. The van der Waals surface area contributed by atoms with Crippen LogP contribution in [0.2, 0.25) is 0 Å². The minimum absolute atomic E-state index is 0.163. The highest BCUT2D eigenvalue weighted by molar-refractivity contribution is 6.01. The number of amides is 2. The summed E-state index contributed by atoms with van der Waals surface area (Å²) in [6.45, 7) is 0.163. The summed E-state index contributed by atoms with van der Waals surface area (Å²) in [6, 6.07) is 6.96. The maximum Gasteiger partial charge on any atom is 0.230 e. The lowest BCUT2D eigenvalue weighted by atomic mass is 10.1. The number of hydrogen-bond acceptors (Lipinski definition) is 4. The minimum Gasteiger partial charge on any atom is -0.496 e. The number of methoxy groups -OCH3 is 1. The van der Waals surface area contributed by atoms with E-state index in [2.05, 4.69) is 0 Å². The third-order valence-corrected chi connectivity index (χ3v) is 2.89. The number of benzene rings is 1. The summed E-state index contributed by atoms with van der Waals surface area (Å²) >= 11 is 0. The summed E-state index contributed by atoms with van der Waals surface area (Å²) in [5, 5.41) is 8.85. The number of nitriles is 1. The van der Waals surface area contributed by atoms with Crippen LogP contribution in [0.5, 0.6) is 5.75 Å². The summed E-state index contributed by atoms with van der Waals surface area (Å²) in [6.07, 6.45) is 0.526. The standard InChI is InChI=1S/C13H12N2O3/c1-18-11-3-2-9(7-14)6-10(11)8-15-12(16)4-5-13(15)17/h2-3,6H,4-5,8H2,1H3. The van der Waals surface area contributed by atoms with Crippen molar-refractivity contribution < 1.29 is 14.3 Å². The van der Waals surface area contributed by atoms with Crippen LogP contribution in [0.25, 0.3) is 0 Å². The van der Waals surface area contributed by atoms with E-state index in [-0.39, 0.29) is 31.2 Å². The first kappa shape index (κ1) is 12.1. The van der Waals surface area contributed by atoms with Crippen LogP contribution in [0.15, 0.2) is 18.2 Å². The molecule has 92 valence electrons. The summed E-state index contributed by atoms with van der Waals surface area (Å²) in [4.78, 5) is 24.3. The molecule has 1 heterocycles. The van der Waals surface area contributed by atoms with Crippen LogP contribution >= 0.6 is 0 Å². The van der Waals surface area contributed by atoms with E-state index in [1.54, 1.807) is 18.2 Å². The zero-order valence-electron chi connectivity index (χ0n) is 9.97. The van der Waals surface area contributed by atoms with E-state index in [0.717, 1.165) is 0 Å². The number of carbonyl (C=O) groups excluding carboxylic acids is 2. The maximum absolute atomic E-state index is 11.5. The Morgan fingerprint density at radius 1 is 1.33 bits per heavy atom. The van der Waals surface area contributed by atoms with Crippen molar-refractivity contribution >= 4 is 11.8 Å². The van der Waals surface area contributed by atoms with Gasteiger partial charge in [-0.3, -0.25) is 14.5 Å². The highest BCUT2D eigenvalue weighted by Crippen LogP contribution is 2.24. The second-order valence-electron chi connectivity index (χ2n) is 4.01. The fraction of sp³-hybridized carbons (Fsp3) is 0.308. The number of rotatable bonds is 3. The molecule has 5 nitrogen and oxygen atoms in total. The van der Waals surface area contributed by atoms with Gasteiger partial charge in [-0.05, 0) is 18.2 Å². The number of carbonyl (C=O) groups is 2. The predicted molar refractivity (Wildman–Crippen MR) is 62.5 cm³/mol. The van der Waals surface area contributed by atoms with Gasteiger partial charge in [-0.1, -0.05) is 0 Å². The number of ether oxygens (including phenoxy) is 1. The third-order valence-electron chi connectivity index (χ3n) is 2.89. The molecular formula is C13H12N2O3. The summed E-state index contributed by atoms with van der Waals surface area (Å²) < 4.78 is 5.17. The van der Waals surface area contributed by atoms with E-state index in [1.807, 2.05) is 6.07 Å². The van der Waals surface area contributed by atoms with Gasteiger partial charge in [-0.25, -0.2) is 0 Å². The molecular weight excluding hydrogens is 232 g/mol. The second kappa shape index (κ2) is 4.88. The van der Waals surface area contributed by atoms with Crippen molar-refractivity contribution in [1.82, 2.24) is 4.90 Å². The zero-order valence-corrected chi connectivity index (χ0v) is 9.97. The van der Waals surface area contributed by atoms with Crippen LogP contribution < -0.4 is 4.74 Å². The molecule has 0 aromatic heterocycles. The SMILES string of the molecule is COc1ccc(C#N)cc1CN1C(=O)CCC1=O. The van der Waals surface area contributed by atoms with E-state index in [9.17, 15) is 9.59 Å². The molecule has 0 aliphatic carbocycles. The van der Waals surface area contributed by atoms with E-state index in [0.29, 0.717) is 16.9 Å². The van der Waals surface area contributed by atoms with Crippen molar-refractivity contribution in [3.63, 3.8) is 0 Å². The molecule has 2 rings (SSSR count). The van der Waals surface area contributed by atoms with Gasteiger partial charge in [-0.15, -0.1) is 0 Å². The van der Waals surface area contributed by atoms with E-state index in [4.69, 9.17) is 10.00 Å². The van der Waals surface area contributed by atoms with Crippen molar-refractivity contribution in [3.05, 3.63) is 29.3 Å². The molecule has 0 radical (unpaired) electrons. The van der Waals surface area contributed by atoms with E-state index < -0.39 is 0 Å². The molecule has 0 unspecified atom stereocenters. The Bertz CT molecular complexity index is 530. The van der Waals surface area contributed by atoms with Gasteiger partial charge in [0.15, 0.2) is 0 Å². The highest BCUT2D eigenvalue weighted by atomic mass is 16.5. The largest absolute Gasteiger partial charge is 0.496 e. The number of likely N-dealkylation sites (tertiary alicyclic amines) is 1. The van der Waals surface area contributed by atoms with Crippen LogP contribution in [-0.2, 0) is 16.1 Å². The molecule has 1 aromatic rings. The molecule has 1 aliphatic rings. The van der Waals surface area contributed by atoms with E-state index in [1.165, 1.54) is 12.0 Å². The molecule has 1 saturated heterocycles. The van der Waals surface area contributed by atoms with Crippen LogP contribution in [0.1, 0.15) is 24.0 Å². The predicted octanol–water partition coefficient (Wildman–Crippen LogP) is 1.22. The van der Waals surface area contributed by atoms with Crippen LogP contribution in [-0.4, -0.2) is 23.8 Å². The quantitative estimate of drug-likeness (QED) is 0.749. The fourth-order valence-electron chi connectivity index (χ4n) is 1.94. The van der Waals surface area contributed by atoms with E-state index >= 15 is 0 Å². The average molecular weight is 244 g/mol. The summed E-state index contributed by atoms with van der Waals surface area (Å²) in [5.41, 5.74) is 1.14. The first-order chi connectivity index (χ1) is 8.65. The molecule has 0 bridgehead atoms. The third kappa shape index (κ3) is 2.18. The summed E-state index contributed by atoms with van der Waals surface area (Å²) in [5.74, 6) is 0.218. The Morgan fingerprint density at radius 3 is 2.56 bits per heavy atom. The molecule has 2 amide bonds. The summed E-state index contributed by atoms with van der Waals surface area (Å²) in [7, 11) is 1.51. The molecule has 0 N–H and O–H groups in total. The molecule has 0 atom stereocenters. The zero-order chi connectivity index (χ0) is 13.1. The smallest absolute Gasteiger partial charge is 0.230 e. The van der Waals surface area contributed by atoms with Gasteiger partial charge < -0.3 is 4.74 Å². The first-order valence-corrected chi connectivity index (χ1v) is 5.56. The first-order valence-electron chi connectivity index (χ1n) is 5.56. The second-order valence-corrected chi connectivity index (χ2v) is 4.01. The molecule has 1 aromatic carbocycles. The molecule has 18 heavy (non-hydrogen) atoms. The van der Waals surface area contributed by atoms with Gasteiger partial charge in [0.1, 0.15) is 5.75 Å². The topological polar surface area (TPSA) is 70.4 Å². The fourth-order valence-corrected chi connectivity index (χ4v) is 1.94. The Kier molecular flexibility index (Phi) is 3.28. The lowest BCUT2D eigenvalue weighted by Crippen LogP contribution is -2.28. The number of hydrogen-bond donors (Lipinski definition) is 0. The van der Waals surface area contributed by atoms with Crippen molar-refractivity contribution in [2.24, 2.45) is 0 Å². The molecule has 0 spiro atoms. The van der Waals surface area contributed by atoms with Gasteiger partial charge in [0.25, 0.3) is 0 Å². The van der Waals surface area contributed by atoms with Crippen molar-refractivity contribution in [3.8, 4) is 11.8 Å². The van der Waals surface area contributed by atoms with Crippen molar-refractivity contribution in [2.75, 3.05) is 7.11 Å². The Morgan fingerprint density at radius 2 is 2.00 bits per heavy atom. The van der Waals surface area contributed by atoms with Crippen molar-refractivity contribution in [2.45, 2.75) is 19.4 Å². The normalized spacial score (nSPS) is 14.8. The Hall–Kier alpha value is -2.35. The number of imide groups is 1. The highest BCUT2D eigenvalue weighted by Gasteiger charge is 2.29. The lowest BCUT2D eigenvalue weighted by Gasteiger charge is -2.16. The van der Waals surface area contributed by atoms with Gasteiger partial charge in [0, 0.05) is 18.4 Å². The van der Waals surface area contributed by atoms with Crippen LogP contribution in [0.3, 0.4) is 0 Å². The van der Waals surface area contributed by atoms with Gasteiger partial charge in [-0.2, -0.15) is 5.26 Å². The Labute approximate surface area is 105 Å². The lowest BCUT2D eigenvalue weighted by molar-refractivity contribution is -0.139. The van der Waals surface area contributed by atoms with Crippen LogP contribution in [0.4, 0.5) is 0 Å². The molecule has 1 fully saturated rings. The Balaban J connectivity index is 2.30. The molecule has 5 heteroatoms. The van der Waals surface area contributed by atoms with Gasteiger partial charge >= 0.3 is 0 Å². The van der Waals surface area contributed by atoms with Crippen LogP contribution in [0, 0.1) is 11.3 Å².